The van der Waals surface area contributed by atoms with Gasteiger partial charge in [-0.2, -0.15) is 0 Å². The van der Waals surface area contributed by atoms with Crippen LogP contribution in [0.2, 0.25) is 0 Å². The number of carbonyl (C=O) groups is 2. The number of ether oxygens (including phenoxy) is 1. The summed E-state index contributed by atoms with van der Waals surface area (Å²) in [6.07, 6.45) is 1.40. The highest BCUT2D eigenvalue weighted by Crippen LogP contribution is 2.24. The van der Waals surface area contributed by atoms with Gasteiger partial charge in [-0.05, 0) is 60.3 Å². The van der Waals surface area contributed by atoms with E-state index in [0.717, 1.165) is 0 Å². The fourth-order valence-electron chi connectivity index (χ4n) is 2.35. The minimum Gasteiger partial charge on any atom is -0.497 e. The third kappa shape index (κ3) is 3.41. The third-order valence-corrected chi connectivity index (χ3v) is 3.90. The van der Waals surface area contributed by atoms with E-state index < -0.39 is 17.6 Å². The van der Waals surface area contributed by atoms with Crippen LogP contribution in [0.5, 0.6) is 5.75 Å². The second-order valence-electron chi connectivity index (χ2n) is 5.21. The number of hydrogen-bond donors (Lipinski definition) is 1. The van der Waals surface area contributed by atoms with Gasteiger partial charge < -0.3 is 4.74 Å². The summed E-state index contributed by atoms with van der Waals surface area (Å²) in [5, 5.41) is 2.49. The van der Waals surface area contributed by atoms with Crippen LogP contribution in [0.3, 0.4) is 0 Å². The molecule has 0 unspecified atom stereocenters. The first kappa shape index (κ1) is 16.8. The fraction of sp³-hybridized carbons (Fsp3) is 0.0556. The van der Waals surface area contributed by atoms with Gasteiger partial charge >= 0.3 is 0 Å². The minimum atomic E-state index is -0.593. The number of nitrogens with zero attached hydrogens (tertiary/aromatic N) is 1. The van der Waals surface area contributed by atoms with E-state index >= 15 is 0 Å². The molecular formula is C18H13FN2O3S. The first-order valence-corrected chi connectivity index (χ1v) is 7.71. The van der Waals surface area contributed by atoms with E-state index in [0.29, 0.717) is 17.0 Å². The molecular weight excluding hydrogens is 343 g/mol. The summed E-state index contributed by atoms with van der Waals surface area (Å²) in [4.78, 5) is 26.2. The van der Waals surface area contributed by atoms with Crippen LogP contribution in [-0.4, -0.2) is 24.0 Å². The number of anilines is 1. The van der Waals surface area contributed by atoms with Crippen molar-refractivity contribution in [3.8, 4) is 5.75 Å². The van der Waals surface area contributed by atoms with Crippen molar-refractivity contribution in [2.45, 2.75) is 0 Å². The van der Waals surface area contributed by atoms with Gasteiger partial charge in [-0.3, -0.25) is 19.8 Å². The van der Waals surface area contributed by atoms with Crippen LogP contribution in [0.1, 0.15) is 5.56 Å². The largest absolute Gasteiger partial charge is 0.497 e. The fourth-order valence-corrected chi connectivity index (χ4v) is 2.63. The van der Waals surface area contributed by atoms with E-state index in [9.17, 15) is 14.0 Å². The molecule has 126 valence electrons. The number of carbonyl (C=O) groups excluding carboxylic acids is 2. The number of hydrogen-bond acceptors (Lipinski definition) is 4. The predicted octanol–water partition coefficient (Wildman–Crippen LogP) is 2.67. The van der Waals surface area contributed by atoms with Gasteiger partial charge in [-0.1, -0.05) is 12.1 Å². The van der Waals surface area contributed by atoms with Crippen LogP contribution in [0.4, 0.5) is 10.1 Å². The van der Waals surface area contributed by atoms with Crippen LogP contribution in [0.25, 0.3) is 6.08 Å². The maximum absolute atomic E-state index is 13.0. The Kier molecular flexibility index (Phi) is 4.58. The van der Waals surface area contributed by atoms with Gasteiger partial charge in [0.05, 0.1) is 12.8 Å². The molecule has 0 bridgehead atoms. The molecule has 0 aromatic heterocycles. The summed E-state index contributed by atoms with van der Waals surface area (Å²) in [5.41, 5.74) is 0.944. The Labute approximate surface area is 148 Å². The number of halogens is 1. The quantitative estimate of drug-likeness (QED) is 0.522. The van der Waals surface area contributed by atoms with Crippen molar-refractivity contribution >= 4 is 40.9 Å². The van der Waals surface area contributed by atoms with Gasteiger partial charge in [-0.15, -0.1) is 0 Å². The lowest BCUT2D eigenvalue weighted by molar-refractivity contribution is -0.122. The number of benzene rings is 2. The Bertz CT molecular complexity index is 876. The minimum absolute atomic E-state index is 0.00331. The van der Waals surface area contributed by atoms with Gasteiger partial charge in [0.25, 0.3) is 11.8 Å². The van der Waals surface area contributed by atoms with E-state index in [1.165, 1.54) is 42.4 Å². The summed E-state index contributed by atoms with van der Waals surface area (Å²) in [5.74, 6) is -0.917. The monoisotopic (exact) mass is 356 g/mol. The van der Waals surface area contributed by atoms with E-state index in [1.807, 2.05) is 0 Å². The molecule has 5 nitrogen and oxygen atoms in total. The summed E-state index contributed by atoms with van der Waals surface area (Å²) in [6, 6.07) is 12.2. The highest BCUT2D eigenvalue weighted by Gasteiger charge is 2.34. The molecule has 2 aromatic rings. The van der Waals surface area contributed by atoms with Crippen molar-refractivity contribution in [1.82, 2.24) is 5.32 Å². The molecule has 2 aromatic carbocycles. The first-order valence-electron chi connectivity index (χ1n) is 7.30. The van der Waals surface area contributed by atoms with Crippen LogP contribution in [0.15, 0.2) is 54.1 Å². The van der Waals surface area contributed by atoms with E-state index in [1.54, 1.807) is 24.3 Å². The smallest absolute Gasteiger partial charge is 0.270 e. The first-order chi connectivity index (χ1) is 12.0. The van der Waals surface area contributed by atoms with Crippen molar-refractivity contribution in [2.24, 2.45) is 0 Å². The molecule has 2 amide bonds. The highest BCUT2D eigenvalue weighted by molar-refractivity contribution is 7.80. The summed E-state index contributed by atoms with van der Waals surface area (Å²) in [7, 11) is 1.54. The zero-order chi connectivity index (χ0) is 18.0. The zero-order valence-corrected chi connectivity index (χ0v) is 14.0. The van der Waals surface area contributed by atoms with Crippen molar-refractivity contribution in [2.75, 3.05) is 12.0 Å². The molecule has 1 heterocycles. The highest BCUT2D eigenvalue weighted by atomic mass is 32.1. The SMILES string of the molecule is COc1ccc(N2C(=O)/C(=C/c3ccc(F)cc3)C(=O)NC2=S)cc1. The number of amides is 2. The lowest BCUT2D eigenvalue weighted by Gasteiger charge is -2.29. The Morgan fingerprint density at radius 1 is 1.08 bits per heavy atom. The van der Waals surface area contributed by atoms with Crippen LogP contribution in [0, 0.1) is 5.82 Å². The lowest BCUT2D eigenvalue weighted by Crippen LogP contribution is -2.54. The molecule has 3 rings (SSSR count). The van der Waals surface area contributed by atoms with Gasteiger partial charge in [0.1, 0.15) is 17.1 Å². The predicted molar refractivity (Wildman–Crippen MR) is 95.6 cm³/mol. The molecule has 1 aliphatic heterocycles. The van der Waals surface area contributed by atoms with Gasteiger partial charge in [-0.25, -0.2) is 4.39 Å². The standard InChI is InChI=1S/C18H13FN2O3S/c1-24-14-8-6-13(7-9-14)21-17(23)15(16(22)20-18(21)25)10-11-2-4-12(19)5-3-11/h2-10H,1H3,(H,20,22,25)/b15-10+. The number of nitrogens with one attached hydrogen (secondary N) is 1. The lowest BCUT2D eigenvalue weighted by atomic mass is 10.1. The van der Waals surface area contributed by atoms with E-state index in [-0.39, 0.29) is 10.7 Å². The Hall–Kier alpha value is -3.06. The van der Waals surface area contributed by atoms with Crippen LogP contribution >= 0.6 is 12.2 Å². The maximum atomic E-state index is 13.0. The zero-order valence-electron chi connectivity index (χ0n) is 13.2. The number of thiocarbonyl (C=S) groups is 1. The average molecular weight is 356 g/mol. The molecule has 25 heavy (non-hydrogen) atoms. The van der Waals surface area contributed by atoms with Gasteiger partial charge in [0, 0.05) is 0 Å². The van der Waals surface area contributed by atoms with E-state index in [4.69, 9.17) is 17.0 Å². The summed E-state index contributed by atoms with van der Waals surface area (Å²) < 4.78 is 18.1. The Morgan fingerprint density at radius 2 is 1.72 bits per heavy atom. The average Bonchev–Trinajstić information content (AvgIpc) is 2.60. The van der Waals surface area contributed by atoms with Gasteiger partial charge in [0.2, 0.25) is 0 Å². The van der Waals surface area contributed by atoms with Gasteiger partial charge in [0.15, 0.2) is 5.11 Å². The molecule has 7 heteroatoms. The maximum Gasteiger partial charge on any atom is 0.270 e. The number of rotatable bonds is 3. The second kappa shape index (κ2) is 6.82. The molecule has 1 aliphatic rings. The van der Waals surface area contributed by atoms with Crippen LogP contribution < -0.4 is 15.0 Å². The molecule has 0 aliphatic carbocycles. The molecule has 1 saturated heterocycles. The van der Waals surface area contributed by atoms with E-state index in [2.05, 4.69) is 5.32 Å². The molecule has 0 spiro atoms. The van der Waals surface area contributed by atoms with Crippen LogP contribution in [-0.2, 0) is 9.59 Å². The summed E-state index contributed by atoms with van der Waals surface area (Å²) in [6.45, 7) is 0. The van der Waals surface area contributed by atoms with Crippen molar-refractivity contribution in [1.29, 1.82) is 0 Å². The Morgan fingerprint density at radius 3 is 2.32 bits per heavy atom. The summed E-state index contributed by atoms with van der Waals surface area (Å²) >= 11 is 5.12. The third-order valence-electron chi connectivity index (χ3n) is 3.61. The molecule has 0 radical (unpaired) electrons. The number of methoxy groups -OCH3 is 1. The van der Waals surface area contributed by atoms with Crippen molar-refractivity contribution < 1.29 is 18.7 Å². The molecule has 1 fully saturated rings. The Balaban J connectivity index is 1.97. The molecule has 0 saturated carbocycles. The van der Waals surface area contributed by atoms with Crippen molar-refractivity contribution in [3.05, 3.63) is 65.5 Å². The topological polar surface area (TPSA) is 58.6 Å². The molecule has 0 atom stereocenters. The molecule has 1 N–H and O–H groups in total. The normalized spacial score (nSPS) is 16.2. The second-order valence-corrected chi connectivity index (χ2v) is 5.59. The van der Waals surface area contributed by atoms with Crippen molar-refractivity contribution in [3.63, 3.8) is 0 Å².